The number of methoxy groups -OCH3 is 1. The second-order valence-electron chi connectivity index (χ2n) is 7.64. The van der Waals surface area contributed by atoms with Crippen molar-refractivity contribution in [3.05, 3.63) is 24.3 Å². The van der Waals surface area contributed by atoms with Gasteiger partial charge in [0, 0.05) is 26.2 Å². The topological polar surface area (TPSA) is 94.2 Å². The van der Waals surface area contributed by atoms with E-state index in [-0.39, 0.29) is 10.9 Å². The smallest absolute Gasteiger partial charge is 0.407 e. The number of sulfonamides is 1. The molecule has 0 radical (unpaired) electrons. The van der Waals surface area contributed by atoms with Gasteiger partial charge in [0.05, 0.1) is 11.5 Å². The maximum atomic E-state index is 12.8. The SMILES string of the molecule is COCCOc1ccc(S(=O)(=O)N2CCC(NC(=O)OC(C)(C)C)CC2)cc1. The summed E-state index contributed by atoms with van der Waals surface area (Å²) in [5, 5.41) is 2.81. The van der Waals surface area contributed by atoms with Crippen LogP contribution >= 0.6 is 0 Å². The number of hydrogen-bond donors (Lipinski definition) is 1. The molecule has 0 atom stereocenters. The molecule has 0 unspecified atom stereocenters. The van der Waals surface area contributed by atoms with Gasteiger partial charge in [0.15, 0.2) is 0 Å². The molecule has 0 aliphatic carbocycles. The summed E-state index contributed by atoms with van der Waals surface area (Å²) in [6, 6.07) is 6.27. The van der Waals surface area contributed by atoms with Crippen molar-refractivity contribution in [3.8, 4) is 5.75 Å². The summed E-state index contributed by atoms with van der Waals surface area (Å²) in [7, 11) is -1.99. The lowest BCUT2D eigenvalue weighted by Crippen LogP contribution is -2.47. The van der Waals surface area contributed by atoms with E-state index in [9.17, 15) is 13.2 Å². The largest absolute Gasteiger partial charge is 0.491 e. The van der Waals surface area contributed by atoms with Crippen LogP contribution in [0.15, 0.2) is 29.2 Å². The molecule has 1 amide bonds. The molecule has 1 aliphatic rings. The number of amides is 1. The van der Waals surface area contributed by atoms with Crippen LogP contribution in [0.2, 0.25) is 0 Å². The van der Waals surface area contributed by atoms with Gasteiger partial charge in [0.1, 0.15) is 18.0 Å². The molecule has 28 heavy (non-hydrogen) atoms. The molecule has 1 fully saturated rings. The number of benzene rings is 1. The lowest BCUT2D eigenvalue weighted by atomic mass is 10.1. The Bertz CT molecular complexity index is 735. The second kappa shape index (κ2) is 9.58. The van der Waals surface area contributed by atoms with Gasteiger partial charge < -0.3 is 19.5 Å². The van der Waals surface area contributed by atoms with E-state index in [0.717, 1.165) is 0 Å². The fourth-order valence-corrected chi connectivity index (χ4v) is 4.28. The molecule has 158 valence electrons. The highest BCUT2D eigenvalue weighted by molar-refractivity contribution is 7.89. The molecule has 0 saturated carbocycles. The Morgan fingerprint density at radius 1 is 1.14 bits per heavy atom. The van der Waals surface area contributed by atoms with Crippen LogP contribution in [0.25, 0.3) is 0 Å². The zero-order chi connectivity index (χ0) is 20.8. The summed E-state index contributed by atoms with van der Waals surface area (Å²) in [5.41, 5.74) is -0.562. The standard InChI is InChI=1S/C19H30N2O6S/c1-19(2,3)27-18(22)20-15-9-11-21(12-10-15)28(23,24)17-7-5-16(6-8-17)26-14-13-25-4/h5-8,15H,9-14H2,1-4H3,(H,20,22). The van der Waals surface area contributed by atoms with Gasteiger partial charge in [-0.25, -0.2) is 13.2 Å². The van der Waals surface area contributed by atoms with Crippen molar-refractivity contribution in [3.63, 3.8) is 0 Å². The Kier molecular flexibility index (Phi) is 7.68. The number of piperidine rings is 1. The van der Waals surface area contributed by atoms with Crippen molar-refractivity contribution >= 4 is 16.1 Å². The maximum absolute atomic E-state index is 12.8. The number of carbonyl (C=O) groups excluding carboxylic acids is 1. The normalized spacial score (nSPS) is 16.6. The van der Waals surface area contributed by atoms with Crippen molar-refractivity contribution in [1.82, 2.24) is 9.62 Å². The Hall–Kier alpha value is -1.84. The van der Waals surface area contributed by atoms with Gasteiger partial charge in [0.2, 0.25) is 10.0 Å². The molecule has 1 aromatic carbocycles. The molecular formula is C19H30N2O6S. The molecule has 1 N–H and O–H groups in total. The summed E-state index contributed by atoms with van der Waals surface area (Å²) in [5.74, 6) is 0.594. The molecule has 2 rings (SSSR count). The number of alkyl carbamates (subject to hydrolysis) is 1. The van der Waals surface area contributed by atoms with Crippen molar-refractivity contribution in [1.29, 1.82) is 0 Å². The average Bonchev–Trinajstić information content (AvgIpc) is 2.61. The van der Waals surface area contributed by atoms with E-state index in [1.54, 1.807) is 52.1 Å². The van der Waals surface area contributed by atoms with E-state index in [0.29, 0.717) is 44.9 Å². The number of rotatable bonds is 7. The minimum absolute atomic E-state index is 0.0992. The fourth-order valence-electron chi connectivity index (χ4n) is 2.81. The van der Waals surface area contributed by atoms with Crippen molar-refractivity contribution in [2.24, 2.45) is 0 Å². The van der Waals surface area contributed by atoms with E-state index in [1.165, 1.54) is 4.31 Å². The van der Waals surface area contributed by atoms with Crippen LogP contribution < -0.4 is 10.1 Å². The Balaban J connectivity index is 1.89. The fraction of sp³-hybridized carbons (Fsp3) is 0.632. The minimum atomic E-state index is -3.58. The molecule has 1 aliphatic heterocycles. The van der Waals surface area contributed by atoms with Crippen LogP contribution in [0.3, 0.4) is 0 Å². The molecule has 1 aromatic rings. The lowest BCUT2D eigenvalue weighted by molar-refractivity contribution is 0.0489. The van der Waals surface area contributed by atoms with Gasteiger partial charge in [0.25, 0.3) is 0 Å². The molecular weight excluding hydrogens is 384 g/mol. The molecule has 0 bridgehead atoms. The summed E-state index contributed by atoms with van der Waals surface area (Å²) < 4.78 is 42.7. The predicted octanol–water partition coefficient (Wildman–Crippen LogP) is 2.39. The van der Waals surface area contributed by atoms with Gasteiger partial charge in [-0.05, 0) is 57.9 Å². The first kappa shape index (κ1) is 22.4. The first-order chi connectivity index (χ1) is 13.1. The van der Waals surface area contributed by atoms with Gasteiger partial charge in [-0.3, -0.25) is 0 Å². The summed E-state index contributed by atoms with van der Waals surface area (Å²) in [6.07, 6.45) is 0.603. The maximum Gasteiger partial charge on any atom is 0.407 e. The summed E-state index contributed by atoms with van der Waals surface area (Å²) in [6.45, 7) is 6.96. The number of carbonyl (C=O) groups is 1. The molecule has 1 saturated heterocycles. The van der Waals surface area contributed by atoms with Crippen molar-refractivity contribution in [2.45, 2.75) is 50.2 Å². The van der Waals surface area contributed by atoms with Gasteiger partial charge in [-0.2, -0.15) is 4.31 Å². The number of nitrogens with zero attached hydrogens (tertiary/aromatic N) is 1. The highest BCUT2D eigenvalue weighted by Crippen LogP contribution is 2.23. The van der Waals surface area contributed by atoms with Crippen molar-refractivity contribution in [2.75, 3.05) is 33.4 Å². The highest BCUT2D eigenvalue weighted by Gasteiger charge is 2.30. The lowest BCUT2D eigenvalue weighted by Gasteiger charge is -2.32. The van der Waals surface area contributed by atoms with E-state index in [2.05, 4.69) is 5.32 Å². The first-order valence-electron chi connectivity index (χ1n) is 9.33. The van der Waals surface area contributed by atoms with Crippen LogP contribution in [0.5, 0.6) is 5.75 Å². The highest BCUT2D eigenvalue weighted by atomic mass is 32.2. The Morgan fingerprint density at radius 3 is 2.29 bits per heavy atom. The summed E-state index contributed by atoms with van der Waals surface area (Å²) >= 11 is 0. The molecule has 1 heterocycles. The van der Waals surface area contributed by atoms with E-state index in [4.69, 9.17) is 14.2 Å². The van der Waals surface area contributed by atoms with E-state index in [1.807, 2.05) is 0 Å². The minimum Gasteiger partial charge on any atom is -0.491 e. The number of ether oxygens (including phenoxy) is 3. The van der Waals surface area contributed by atoms with Crippen LogP contribution in [0.1, 0.15) is 33.6 Å². The van der Waals surface area contributed by atoms with Crippen LogP contribution in [-0.4, -0.2) is 63.9 Å². The molecule has 9 heteroatoms. The summed E-state index contributed by atoms with van der Waals surface area (Å²) in [4.78, 5) is 12.1. The van der Waals surface area contributed by atoms with Crippen molar-refractivity contribution < 1.29 is 27.4 Å². The zero-order valence-electron chi connectivity index (χ0n) is 16.9. The van der Waals surface area contributed by atoms with E-state index >= 15 is 0 Å². The third-order valence-corrected chi connectivity index (χ3v) is 6.11. The first-order valence-corrected chi connectivity index (χ1v) is 10.8. The molecule has 8 nitrogen and oxygen atoms in total. The average molecular weight is 415 g/mol. The second-order valence-corrected chi connectivity index (χ2v) is 9.58. The van der Waals surface area contributed by atoms with Crippen LogP contribution in [0.4, 0.5) is 4.79 Å². The van der Waals surface area contributed by atoms with Crippen LogP contribution in [-0.2, 0) is 19.5 Å². The third-order valence-electron chi connectivity index (χ3n) is 4.19. The molecule has 0 aromatic heterocycles. The van der Waals surface area contributed by atoms with Gasteiger partial charge in [-0.1, -0.05) is 0 Å². The quantitative estimate of drug-likeness (QED) is 0.689. The van der Waals surface area contributed by atoms with E-state index < -0.39 is 21.7 Å². The predicted molar refractivity (Wildman–Crippen MR) is 105 cm³/mol. The third kappa shape index (κ3) is 6.65. The molecule has 0 spiro atoms. The van der Waals surface area contributed by atoms with Gasteiger partial charge >= 0.3 is 6.09 Å². The van der Waals surface area contributed by atoms with Crippen LogP contribution in [0, 0.1) is 0 Å². The Morgan fingerprint density at radius 2 is 1.75 bits per heavy atom. The number of nitrogens with one attached hydrogen (secondary N) is 1. The Labute approximate surface area is 167 Å². The monoisotopic (exact) mass is 414 g/mol. The van der Waals surface area contributed by atoms with Gasteiger partial charge in [-0.15, -0.1) is 0 Å². The zero-order valence-corrected chi connectivity index (χ0v) is 17.8. The number of hydrogen-bond acceptors (Lipinski definition) is 6.